The fraction of sp³-hybridized carbons (Fsp3) is 0.273. The summed E-state index contributed by atoms with van der Waals surface area (Å²) in [6.07, 6.45) is 1.84. The van der Waals surface area contributed by atoms with Crippen molar-refractivity contribution in [3.63, 3.8) is 0 Å². The van der Waals surface area contributed by atoms with Crippen LogP contribution in [-0.4, -0.2) is 6.10 Å². The second kappa shape index (κ2) is 5.28. The zero-order valence-electron chi connectivity index (χ0n) is 8.13. The highest BCUT2D eigenvalue weighted by Gasteiger charge is 1.98. The van der Waals surface area contributed by atoms with E-state index in [0.29, 0.717) is 0 Å². The predicted octanol–water partition coefficient (Wildman–Crippen LogP) is 4.25. The molecule has 0 aliphatic rings. The van der Waals surface area contributed by atoms with Crippen LogP contribution in [-0.2, 0) is 0 Å². The molecule has 0 atom stereocenters. The Hall–Kier alpha value is -0.660. The van der Waals surface area contributed by atoms with Crippen molar-refractivity contribution in [1.82, 2.24) is 0 Å². The highest BCUT2D eigenvalue weighted by Crippen LogP contribution is 2.19. The molecule has 0 radical (unpaired) electrons. The molecule has 1 aromatic carbocycles. The van der Waals surface area contributed by atoms with Gasteiger partial charge in [0.25, 0.3) is 0 Å². The SMILES string of the molecule is CC(C)Oc1cccc(C=C(Cl)Cl)c1. The lowest BCUT2D eigenvalue weighted by Crippen LogP contribution is -2.05. The minimum atomic E-state index is 0.167. The molecule has 0 aliphatic carbocycles. The van der Waals surface area contributed by atoms with Gasteiger partial charge in [-0.05, 0) is 37.6 Å². The van der Waals surface area contributed by atoms with E-state index in [-0.39, 0.29) is 10.6 Å². The first-order valence-electron chi connectivity index (χ1n) is 4.37. The van der Waals surface area contributed by atoms with Gasteiger partial charge in [0.2, 0.25) is 0 Å². The maximum Gasteiger partial charge on any atom is 0.120 e. The monoisotopic (exact) mass is 230 g/mol. The van der Waals surface area contributed by atoms with Crippen LogP contribution in [0.4, 0.5) is 0 Å². The zero-order chi connectivity index (χ0) is 10.6. The molecule has 0 amide bonds. The fourth-order valence-corrected chi connectivity index (χ4v) is 1.33. The Morgan fingerprint density at radius 3 is 2.64 bits per heavy atom. The molecule has 0 bridgehead atoms. The van der Waals surface area contributed by atoms with E-state index in [4.69, 9.17) is 27.9 Å². The first kappa shape index (κ1) is 11.4. The minimum absolute atomic E-state index is 0.167. The molecule has 1 rings (SSSR count). The van der Waals surface area contributed by atoms with Gasteiger partial charge in [0.05, 0.1) is 6.10 Å². The molecule has 1 nitrogen and oxygen atoms in total. The van der Waals surface area contributed by atoms with Gasteiger partial charge in [-0.3, -0.25) is 0 Å². The Morgan fingerprint density at radius 1 is 1.36 bits per heavy atom. The molecule has 0 spiro atoms. The van der Waals surface area contributed by atoms with Crippen molar-refractivity contribution < 1.29 is 4.74 Å². The normalized spacial score (nSPS) is 10.1. The second-order valence-corrected chi connectivity index (χ2v) is 4.18. The predicted molar refractivity (Wildman–Crippen MR) is 61.9 cm³/mol. The fourth-order valence-electron chi connectivity index (χ4n) is 1.08. The molecule has 0 saturated carbocycles. The Morgan fingerprint density at radius 2 is 2.07 bits per heavy atom. The van der Waals surface area contributed by atoms with Gasteiger partial charge in [-0.2, -0.15) is 0 Å². The molecular formula is C11H12Cl2O. The van der Waals surface area contributed by atoms with E-state index in [2.05, 4.69) is 0 Å². The van der Waals surface area contributed by atoms with Gasteiger partial charge >= 0.3 is 0 Å². The Labute approximate surface area is 94.3 Å². The number of benzene rings is 1. The first-order valence-corrected chi connectivity index (χ1v) is 5.13. The van der Waals surface area contributed by atoms with Crippen molar-refractivity contribution in [2.24, 2.45) is 0 Å². The standard InChI is InChI=1S/C11H12Cl2O/c1-8(2)14-10-5-3-4-9(6-10)7-11(12)13/h3-8H,1-2H3. The molecule has 1 aromatic rings. The molecule has 0 aliphatic heterocycles. The third kappa shape index (κ3) is 4.03. The van der Waals surface area contributed by atoms with Crippen molar-refractivity contribution in [2.75, 3.05) is 0 Å². The molecule has 3 heteroatoms. The van der Waals surface area contributed by atoms with Gasteiger partial charge in [-0.15, -0.1) is 0 Å². The van der Waals surface area contributed by atoms with E-state index < -0.39 is 0 Å². The first-order chi connectivity index (χ1) is 6.58. The van der Waals surface area contributed by atoms with Crippen LogP contribution in [0.25, 0.3) is 6.08 Å². The second-order valence-electron chi connectivity index (χ2n) is 3.17. The van der Waals surface area contributed by atoms with Gasteiger partial charge in [0, 0.05) is 0 Å². The average Bonchev–Trinajstić information content (AvgIpc) is 2.01. The summed E-state index contributed by atoms with van der Waals surface area (Å²) in [5.41, 5.74) is 0.933. The van der Waals surface area contributed by atoms with Crippen LogP contribution in [0.3, 0.4) is 0 Å². The molecule has 0 N–H and O–H groups in total. The van der Waals surface area contributed by atoms with Gasteiger partial charge in [0.15, 0.2) is 0 Å². The van der Waals surface area contributed by atoms with Crippen molar-refractivity contribution in [1.29, 1.82) is 0 Å². The molecule has 0 unspecified atom stereocenters. The third-order valence-electron chi connectivity index (χ3n) is 1.51. The van der Waals surface area contributed by atoms with Gasteiger partial charge in [0.1, 0.15) is 10.2 Å². The van der Waals surface area contributed by atoms with Crippen LogP contribution >= 0.6 is 23.2 Å². The lowest BCUT2D eigenvalue weighted by atomic mass is 10.2. The summed E-state index contributed by atoms with van der Waals surface area (Å²) < 4.78 is 5.76. The number of rotatable bonds is 3. The number of hydrogen-bond acceptors (Lipinski definition) is 1. The van der Waals surface area contributed by atoms with E-state index in [1.54, 1.807) is 6.08 Å². The summed E-state index contributed by atoms with van der Waals surface area (Å²) in [4.78, 5) is 0. The smallest absolute Gasteiger partial charge is 0.120 e. The van der Waals surface area contributed by atoms with E-state index in [1.807, 2.05) is 38.1 Å². The quantitative estimate of drug-likeness (QED) is 0.755. The van der Waals surface area contributed by atoms with E-state index in [9.17, 15) is 0 Å². The van der Waals surface area contributed by atoms with Crippen LogP contribution in [0.15, 0.2) is 28.8 Å². The van der Waals surface area contributed by atoms with E-state index in [1.165, 1.54) is 0 Å². The van der Waals surface area contributed by atoms with Crippen LogP contribution < -0.4 is 4.74 Å². The van der Waals surface area contributed by atoms with Crippen LogP contribution in [0.5, 0.6) is 5.75 Å². The molecule has 0 saturated heterocycles. The van der Waals surface area contributed by atoms with Crippen molar-refractivity contribution in [3.8, 4) is 5.75 Å². The molecule has 14 heavy (non-hydrogen) atoms. The minimum Gasteiger partial charge on any atom is -0.491 e. The lowest BCUT2D eigenvalue weighted by molar-refractivity contribution is 0.242. The maximum absolute atomic E-state index is 5.56. The van der Waals surface area contributed by atoms with Crippen molar-refractivity contribution in [3.05, 3.63) is 34.3 Å². The summed E-state index contributed by atoms with van der Waals surface area (Å²) in [5.74, 6) is 0.823. The van der Waals surface area contributed by atoms with E-state index >= 15 is 0 Å². The summed E-state index contributed by atoms with van der Waals surface area (Å²) >= 11 is 11.1. The van der Waals surface area contributed by atoms with Crippen molar-refractivity contribution in [2.45, 2.75) is 20.0 Å². The molecule has 0 heterocycles. The van der Waals surface area contributed by atoms with Crippen molar-refractivity contribution >= 4 is 29.3 Å². The van der Waals surface area contributed by atoms with Gasteiger partial charge in [-0.25, -0.2) is 0 Å². The number of hydrogen-bond donors (Lipinski definition) is 0. The summed E-state index contributed by atoms with van der Waals surface area (Å²) in [6.45, 7) is 3.97. The Kier molecular flexibility index (Phi) is 4.30. The molecule has 0 fully saturated rings. The summed E-state index contributed by atoms with van der Waals surface area (Å²) in [5, 5.41) is 0. The molecular weight excluding hydrogens is 219 g/mol. The largest absolute Gasteiger partial charge is 0.491 e. The van der Waals surface area contributed by atoms with Crippen LogP contribution in [0.2, 0.25) is 0 Å². The average molecular weight is 231 g/mol. The summed E-state index contributed by atoms with van der Waals surface area (Å²) in [6, 6.07) is 7.61. The topological polar surface area (TPSA) is 9.23 Å². The number of ether oxygens (including phenoxy) is 1. The highest BCUT2D eigenvalue weighted by molar-refractivity contribution is 6.57. The van der Waals surface area contributed by atoms with E-state index in [0.717, 1.165) is 11.3 Å². The molecule has 76 valence electrons. The molecule has 0 aromatic heterocycles. The number of halogens is 2. The van der Waals surface area contributed by atoms with Gasteiger partial charge in [-0.1, -0.05) is 35.3 Å². The van der Waals surface area contributed by atoms with Gasteiger partial charge < -0.3 is 4.74 Å². The maximum atomic E-state index is 5.56. The zero-order valence-corrected chi connectivity index (χ0v) is 9.64. The summed E-state index contributed by atoms with van der Waals surface area (Å²) in [7, 11) is 0. The van der Waals surface area contributed by atoms with Crippen LogP contribution in [0.1, 0.15) is 19.4 Å². The van der Waals surface area contributed by atoms with Crippen LogP contribution in [0, 0.1) is 0 Å². The Balaban J connectivity index is 2.84. The Bertz CT molecular complexity index is 328. The lowest BCUT2D eigenvalue weighted by Gasteiger charge is -2.09. The highest BCUT2D eigenvalue weighted by atomic mass is 35.5. The third-order valence-corrected chi connectivity index (χ3v) is 1.72.